The molecule has 0 saturated heterocycles. The second-order valence-electron chi connectivity index (χ2n) is 9.71. The summed E-state index contributed by atoms with van der Waals surface area (Å²) < 4.78 is 86.2. The normalized spacial score (nSPS) is 16.7. The number of aromatic nitrogens is 1. The molecule has 1 aliphatic carbocycles. The van der Waals surface area contributed by atoms with Crippen LogP contribution in [0.3, 0.4) is 0 Å². The lowest BCUT2D eigenvalue weighted by atomic mass is 9.85. The van der Waals surface area contributed by atoms with Crippen molar-refractivity contribution >= 4 is 16.8 Å². The number of nitrogens with zero attached hydrogens (tertiary/aromatic N) is 2. The van der Waals surface area contributed by atoms with Crippen LogP contribution in [0.25, 0.3) is 10.9 Å². The van der Waals surface area contributed by atoms with Crippen LogP contribution in [-0.4, -0.2) is 51.5 Å². The average molecular weight is 527 g/mol. The third-order valence-corrected chi connectivity index (χ3v) is 7.35. The number of aliphatic hydroxyl groups is 1. The molecule has 1 atom stereocenters. The van der Waals surface area contributed by atoms with E-state index < -0.39 is 35.5 Å². The first-order chi connectivity index (χ1) is 17.3. The van der Waals surface area contributed by atoms with Gasteiger partial charge in [-0.25, -0.2) is 0 Å². The lowest BCUT2D eigenvalue weighted by Crippen LogP contribution is -2.62. The van der Waals surface area contributed by atoms with Crippen LogP contribution < -0.4 is 0 Å². The van der Waals surface area contributed by atoms with Gasteiger partial charge in [-0.05, 0) is 55.0 Å². The topological polar surface area (TPSA) is 45.5 Å². The average Bonchev–Trinajstić information content (AvgIpc) is 3.18. The van der Waals surface area contributed by atoms with Crippen molar-refractivity contribution in [1.29, 1.82) is 0 Å². The smallest absolute Gasteiger partial charge is 0.372 e. The Kier molecular flexibility index (Phi) is 7.09. The molecule has 1 fully saturated rings. The first kappa shape index (κ1) is 27.0. The molecule has 0 spiro atoms. The lowest BCUT2D eigenvalue weighted by Gasteiger charge is -2.40. The fourth-order valence-electron chi connectivity index (χ4n) is 5.38. The van der Waals surface area contributed by atoms with E-state index >= 15 is 0 Å². The van der Waals surface area contributed by atoms with Gasteiger partial charge in [0.1, 0.15) is 6.04 Å². The van der Waals surface area contributed by atoms with Crippen molar-refractivity contribution in [3.63, 3.8) is 0 Å². The Morgan fingerprint density at radius 1 is 0.946 bits per heavy atom. The van der Waals surface area contributed by atoms with E-state index in [2.05, 4.69) is 0 Å². The number of amides is 1. The highest BCUT2D eigenvalue weighted by atomic mass is 19.4. The Bertz CT molecular complexity index is 1260. The molecule has 1 aliphatic rings. The molecule has 1 N–H and O–H groups in total. The minimum atomic E-state index is -6.08. The highest BCUT2D eigenvalue weighted by molar-refractivity contribution is 5.94. The van der Waals surface area contributed by atoms with Crippen molar-refractivity contribution in [3.05, 3.63) is 71.4 Å². The van der Waals surface area contributed by atoms with Crippen LogP contribution in [0.5, 0.6) is 0 Å². The summed E-state index contributed by atoms with van der Waals surface area (Å²) in [7, 11) is 1.59. The van der Waals surface area contributed by atoms with E-state index in [1.54, 1.807) is 19.2 Å². The number of carbonyl (C=O) groups is 1. The lowest BCUT2D eigenvalue weighted by molar-refractivity contribution is -0.377. The number of hydrogen-bond acceptors (Lipinski definition) is 2. The van der Waals surface area contributed by atoms with Crippen LogP contribution in [0, 0.1) is 6.92 Å². The fraction of sp³-hybridized carbons (Fsp3) is 0.444. The van der Waals surface area contributed by atoms with E-state index in [1.165, 1.54) is 42.2 Å². The monoisotopic (exact) mass is 526 g/mol. The molecule has 1 amide bonds. The molecule has 0 aliphatic heterocycles. The van der Waals surface area contributed by atoms with Crippen LogP contribution in [0.4, 0.5) is 26.3 Å². The third kappa shape index (κ3) is 4.71. The van der Waals surface area contributed by atoms with Gasteiger partial charge in [-0.2, -0.15) is 26.3 Å². The second kappa shape index (κ2) is 9.70. The molecular formula is C27H28F6N2O2. The van der Waals surface area contributed by atoms with Crippen molar-refractivity contribution < 1.29 is 36.2 Å². The summed E-state index contributed by atoms with van der Waals surface area (Å²) in [5.74, 6) is -0.496. The zero-order chi connectivity index (χ0) is 27.2. The molecular weight excluding hydrogens is 498 g/mol. The summed E-state index contributed by atoms with van der Waals surface area (Å²) in [6.07, 6.45) is -7.67. The Hall–Kier alpha value is -3.01. The van der Waals surface area contributed by atoms with Gasteiger partial charge in [0.05, 0.1) is 0 Å². The highest BCUT2D eigenvalue weighted by Gasteiger charge is 2.75. The maximum atomic E-state index is 14.2. The molecule has 1 heterocycles. The van der Waals surface area contributed by atoms with Crippen LogP contribution in [0.15, 0.2) is 54.6 Å². The highest BCUT2D eigenvalue weighted by Crippen LogP contribution is 2.52. The molecule has 0 bridgehead atoms. The van der Waals surface area contributed by atoms with Crippen LogP contribution in [-0.2, 0) is 0 Å². The van der Waals surface area contributed by atoms with Gasteiger partial charge in [0.25, 0.3) is 11.5 Å². The molecule has 200 valence electrons. The number of hydrogen-bond donors (Lipinski definition) is 1. The number of para-hydroxylation sites is 1. The van der Waals surface area contributed by atoms with Crippen molar-refractivity contribution in [1.82, 2.24) is 9.47 Å². The van der Waals surface area contributed by atoms with Crippen LogP contribution in [0.2, 0.25) is 0 Å². The fourth-order valence-corrected chi connectivity index (χ4v) is 5.38. The van der Waals surface area contributed by atoms with Gasteiger partial charge < -0.3 is 14.6 Å². The summed E-state index contributed by atoms with van der Waals surface area (Å²) >= 11 is 0. The Morgan fingerprint density at radius 3 is 2.19 bits per heavy atom. The number of rotatable bonds is 5. The van der Waals surface area contributed by atoms with E-state index in [-0.39, 0.29) is 22.8 Å². The molecule has 1 saturated carbocycles. The Balaban J connectivity index is 1.91. The number of carbonyl (C=O) groups excluding carboxylic acids is 1. The molecule has 37 heavy (non-hydrogen) atoms. The van der Waals surface area contributed by atoms with Gasteiger partial charge in [-0.1, -0.05) is 49.6 Å². The maximum absolute atomic E-state index is 14.2. The SMILES string of the molecule is Cc1cc2ccccc2n1[C@@H](c1cccc(C(=O)N(C)C2CCCCC2)c1)C(O)(C(F)(F)F)C(F)(F)F. The second-order valence-corrected chi connectivity index (χ2v) is 9.71. The zero-order valence-corrected chi connectivity index (χ0v) is 20.4. The van der Waals surface area contributed by atoms with E-state index in [9.17, 15) is 36.2 Å². The maximum Gasteiger partial charge on any atom is 0.428 e. The molecule has 3 aromatic rings. The molecule has 4 nitrogen and oxygen atoms in total. The van der Waals surface area contributed by atoms with Gasteiger partial charge in [0.15, 0.2) is 0 Å². The number of fused-ring (bicyclic) bond motifs is 1. The Morgan fingerprint density at radius 2 is 1.57 bits per heavy atom. The van der Waals surface area contributed by atoms with E-state index in [1.807, 2.05) is 0 Å². The minimum absolute atomic E-state index is 0.0450. The summed E-state index contributed by atoms with van der Waals surface area (Å²) in [6.45, 7) is 1.38. The third-order valence-electron chi connectivity index (χ3n) is 7.35. The molecule has 1 aromatic heterocycles. The van der Waals surface area contributed by atoms with E-state index in [4.69, 9.17) is 0 Å². The molecule has 0 radical (unpaired) electrons. The molecule has 2 aromatic carbocycles. The van der Waals surface area contributed by atoms with Crippen molar-refractivity contribution in [2.24, 2.45) is 0 Å². The van der Waals surface area contributed by atoms with Gasteiger partial charge >= 0.3 is 12.4 Å². The van der Waals surface area contributed by atoms with Gasteiger partial charge in [0, 0.05) is 29.9 Å². The largest absolute Gasteiger partial charge is 0.428 e. The summed E-state index contributed by atoms with van der Waals surface area (Å²) in [4.78, 5) is 14.7. The predicted octanol–water partition coefficient (Wildman–Crippen LogP) is 6.80. The summed E-state index contributed by atoms with van der Waals surface area (Å²) in [5, 5.41) is 11.0. The van der Waals surface area contributed by atoms with Gasteiger partial charge in [0.2, 0.25) is 0 Å². The zero-order valence-electron chi connectivity index (χ0n) is 20.4. The number of alkyl halides is 6. The Labute approximate surface area is 210 Å². The molecule has 10 heteroatoms. The standard InChI is InChI=1S/C27H28F6N2O2/c1-17-15-18-9-6-7-14-22(18)35(17)23(25(37,26(28,29)30)27(31,32)33)19-10-8-11-20(16-19)24(36)34(2)21-12-4-3-5-13-21/h6-11,14-16,21,23,37H,3-5,12-13H2,1-2H3/t23-/m0/s1. The van der Waals surface area contributed by atoms with Crippen LogP contribution in [0.1, 0.15) is 59.8 Å². The van der Waals surface area contributed by atoms with Crippen molar-refractivity contribution in [2.45, 2.75) is 69.1 Å². The quantitative estimate of drug-likeness (QED) is 0.372. The van der Waals surface area contributed by atoms with Crippen molar-refractivity contribution in [3.8, 4) is 0 Å². The number of halogens is 6. The number of aryl methyl sites for hydroxylation is 1. The van der Waals surface area contributed by atoms with E-state index in [0.717, 1.165) is 48.8 Å². The molecule has 4 rings (SSSR count). The minimum Gasteiger partial charge on any atom is -0.372 e. The number of benzene rings is 2. The van der Waals surface area contributed by atoms with Crippen LogP contribution >= 0.6 is 0 Å². The molecule has 0 unspecified atom stereocenters. The van der Waals surface area contributed by atoms with Gasteiger partial charge in [-0.3, -0.25) is 4.79 Å². The predicted molar refractivity (Wildman–Crippen MR) is 127 cm³/mol. The van der Waals surface area contributed by atoms with E-state index in [0.29, 0.717) is 5.39 Å². The summed E-state index contributed by atoms with van der Waals surface area (Å²) in [5.41, 5.74) is -5.48. The first-order valence-electron chi connectivity index (χ1n) is 12.1. The van der Waals surface area contributed by atoms with Gasteiger partial charge in [-0.15, -0.1) is 0 Å². The summed E-state index contributed by atoms with van der Waals surface area (Å²) in [6, 6.07) is 9.56. The first-order valence-corrected chi connectivity index (χ1v) is 12.1. The van der Waals surface area contributed by atoms with Crippen molar-refractivity contribution in [2.75, 3.05) is 7.05 Å².